The van der Waals surface area contributed by atoms with Crippen molar-refractivity contribution in [1.82, 2.24) is 10.2 Å². The van der Waals surface area contributed by atoms with Crippen molar-refractivity contribution in [2.24, 2.45) is 0 Å². The maximum Gasteiger partial charge on any atom is 0.306 e. The number of rotatable bonds is 11. The van der Waals surface area contributed by atoms with Gasteiger partial charge in [-0.05, 0) is 68.7 Å². The molecule has 0 saturated heterocycles. The maximum atomic E-state index is 13.9. The van der Waals surface area contributed by atoms with Gasteiger partial charge in [0.05, 0.1) is 43.3 Å². The number of benzene rings is 3. The van der Waals surface area contributed by atoms with Crippen LogP contribution in [0.15, 0.2) is 66.7 Å². The second-order valence-electron chi connectivity index (χ2n) is 9.64. The molecular formula is C31H35N3O4. The highest BCUT2D eigenvalue weighted by molar-refractivity contribution is 5.97. The van der Waals surface area contributed by atoms with Gasteiger partial charge < -0.3 is 14.4 Å². The van der Waals surface area contributed by atoms with Crippen LogP contribution in [-0.4, -0.2) is 34.8 Å². The van der Waals surface area contributed by atoms with Crippen molar-refractivity contribution in [3.63, 3.8) is 0 Å². The van der Waals surface area contributed by atoms with Gasteiger partial charge >= 0.3 is 5.97 Å². The molecule has 0 aliphatic carbocycles. The Morgan fingerprint density at radius 2 is 1.79 bits per heavy atom. The molecule has 4 rings (SSSR count). The van der Waals surface area contributed by atoms with Gasteiger partial charge in [0.25, 0.3) is 0 Å². The maximum absolute atomic E-state index is 13.9. The quantitative estimate of drug-likeness (QED) is 0.251. The number of aryl methyl sites for hydroxylation is 2. The van der Waals surface area contributed by atoms with Crippen molar-refractivity contribution in [3.05, 3.63) is 89.1 Å². The van der Waals surface area contributed by atoms with E-state index in [0.717, 1.165) is 39.0 Å². The summed E-state index contributed by atoms with van der Waals surface area (Å²) in [5.74, 6) is 0.411. The Morgan fingerprint density at radius 1 is 1.00 bits per heavy atom. The molecule has 4 aromatic rings. The molecule has 0 bridgehead atoms. The van der Waals surface area contributed by atoms with Crippen LogP contribution in [0.4, 0.5) is 5.69 Å². The molecule has 1 aromatic heterocycles. The fourth-order valence-corrected chi connectivity index (χ4v) is 4.41. The average molecular weight is 514 g/mol. The van der Waals surface area contributed by atoms with Crippen LogP contribution in [-0.2, 0) is 33.7 Å². The molecule has 1 amide bonds. The second-order valence-corrected chi connectivity index (χ2v) is 9.64. The van der Waals surface area contributed by atoms with E-state index in [2.05, 4.69) is 10.2 Å². The first-order valence-electron chi connectivity index (χ1n) is 13.1. The van der Waals surface area contributed by atoms with Gasteiger partial charge in [-0.2, -0.15) is 5.10 Å². The Balaban J connectivity index is 1.62. The van der Waals surface area contributed by atoms with Crippen molar-refractivity contribution in [2.75, 3.05) is 11.5 Å². The molecule has 0 aliphatic heterocycles. The van der Waals surface area contributed by atoms with Crippen LogP contribution in [0, 0.1) is 6.92 Å². The van der Waals surface area contributed by atoms with E-state index in [0.29, 0.717) is 25.3 Å². The summed E-state index contributed by atoms with van der Waals surface area (Å²) < 4.78 is 11.2. The number of carbonyl (C=O) groups excluding carboxylic acids is 2. The summed E-state index contributed by atoms with van der Waals surface area (Å²) >= 11 is 0. The van der Waals surface area contributed by atoms with E-state index in [1.165, 1.54) is 0 Å². The minimum Gasteiger partial charge on any atom is -0.489 e. The largest absolute Gasteiger partial charge is 0.489 e. The fourth-order valence-electron chi connectivity index (χ4n) is 4.41. The van der Waals surface area contributed by atoms with E-state index >= 15 is 0 Å². The molecule has 0 spiro atoms. The molecular weight excluding hydrogens is 478 g/mol. The average Bonchev–Trinajstić information content (AvgIpc) is 3.29. The van der Waals surface area contributed by atoms with Crippen molar-refractivity contribution in [2.45, 2.75) is 59.6 Å². The molecule has 0 unspecified atom stereocenters. The molecule has 38 heavy (non-hydrogen) atoms. The standard InChI is InChI=1S/C31H35N3O4/c1-5-37-31(36)16-14-27-25-18-24(12-13-26(25)32-33-27)19-30(35)34(20-23-9-7-6-8-10-23)28-15-11-22(4)17-29(28)38-21(2)3/h6-13,15,17-18,21H,5,14,16,19-20H2,1-4H3,(H,32,33). The van der Waals surface area contributed by atoms with Gasteiger partial charge in [-0.3, -0.25) is 14.7 Å². The third kappa shape index (κ3) is 6.79. The Kier molecular flexibility index (Phi) is 8.79. The minimum absolute atomic E-state index is 0.0271. The predicted molar refractivity (Wildman–Crippen MR) is 149 cm³/mol. The summed E-state index contributed by atoms with van der Waals surface area (Å²) in [6.45, 7) is 8.56. The van der Waals surface area contributed by atoms with Gasteiger partial charge in [0.1, 0.15) is 5.75 Å². The SMILES string of the molecule is CCOC(=O)CCc1[nH]nc2ccc(CC(=O)N(Cc3ccccc3)c3ccc(C)cc3OC(C)C)cc12. The molecule has 1 N–H and O–H groups in total. The second kappa shape index (κ2) is 12.4. The van der Waals surface area contributed by atoms with Crippen molar-refractivity contribution < 1.29 is 19.1 Å². The number of amides is 1. The van der Waals surface area contributed by atoms with Crippen LogP contribution in [0.5, 0.6) is 5.75 Å². The summed E-state index contributed by atoms with van der Waals surface area (Å²) in [5, 5.41) is 8.30. The fraction of sp³-hybridized carbons (Fsp3) is 0.323. The Bertz CT molecular complexity index is 1400. The molecule has 3 aromatic carbocycles. The number of carbonyl (C=O) groups is 2. The number of ether oxygens (including phenoxy) is 2. The minimum atomic E-state index is -0.240. The molecule has 0 aliphatic rings. The highest BCUT2D eigenvalue weighted by Gasteiger charge is 2.22. The van der Waals surface area contributed by atoms with Crippen LogP contribution < -0.4 is 9.64 Å². The number of aromatic nitrogens is 2. The Labute approximate surface area is 223 Å². The molecule has 0 radical (unpaired) electrons. The van der Waals surface area contributed by atoms with Crippen LogP contribution in [0.3, 0.4) is 0 Å². The van der Waals surface area contributed by atoms with Crippen LogP contribution in [0.25, 0.3) is 10.9 Å². The number of hydrogen-bond acceptors (Lipinski definition) is 5. The van der Waals surface area contributed by atoms with Crippen molar-refractivity contribution >= 4 is 28.5 Å². The predicted octanol–water partition coefficient (Wildman–Crippen LogP) is 5.93. The van der Waals surface area contributed by atoms with Crippen LogP contribution in [0.1, 0.15) is 49.6 Å². The van der Waals surface area contributed by atoms with E-state index in [-0.39, 0.29) is 30.8 Å². The van der Waals surface area contributed by atoms with Gasteiger partial charge in [0.15, 0.2) is 0 Å². The smallest absolute Gasteiger partial charge is 0.306 e. The van der Waals surface area contributed by atoms with Crippen molar-refractivity contribution in [1.29, 1.82) is 0 Å². The van der Waals surface area contributed by atoms with Crippen molar-refractivity contribution in [3.8, 4) is 5.75 Å². The highest BCUT2D eigenvalue weighted by atomic mass is 16.5. The van der Waals surface area contributed by atoms with Crippen LogP contribution >= 0.6 is 0 Å². The molecule has 7 heteroatoms. The van der Waals surface area contributed by atoms with Crippen LogP contribution in [0.2, 0.25) is 0 Å². The van der Waals surface area contributed by atoms with Gasteiger partial charge in [-0.1, -0.05) is 42.5 Å². The first-order chi connectivity index (χ1) is 18.3. The molecule has 0 saturated carbocycles. The summed E-state index contributed by atoms with van der Waals surface area (Å²) in [6, 6.07) is 21.7. The number of H-pyrrole nitrogens is 1. The first-order valence-corrected chi connectivity index (χ1v) is 13.1. The zero-order valence-electron chi connectivity index (χ0n) is 22.5. The molecule has 1 heterocycles. The molecule has 198 valence electrons. The lowest BCUT2D eigenvalue weighted by atomic mass is 10.0. The zero-order chi connectivity index (χ0) is 27.1. The number of fused-ring (bicyclic) bond motifs is 1. The lowest BCUT2D eigenvalue weighted by Crippen LogP contribution is -2.32. The first kappa shape index (κ1) is 26.9. The topological polar surface area (TPSA) is 84.5 Å². The van der Waals surface area contributed by atoms with Gasteiger partial charge in [-0.15, -0.1) is 0 Å². The number of esters is 1. The van der Waals surface area contributed by atoms with E-state index < -0.39 is 0 Å². The summed E-state index contributed by atoms with van der Waals surface area (Å²) in [4.78, 5) is 27.5. The normalized spacial score (nSPS) is 11.1. The van der Waals surface area contributed by atoms with Gasteiger partial charge in [0.2, 0.25) is 5.91 Å². The summed E-state index contributed by atoms with van der Waals surface area (Å²) in [7, 11) is 0. The van der Waals surface area contributed by atoms with Gasteiger partial charge in [-0.25, -0.2) is 0 Å². The highest BCUT2D eigenvalue weighted by Crippen LogP contribution is 2.32. The lowest BCUT2D eigenvalue weighted by Gasteiger charge is -2.26. The summed E-state index contributed by atoms with van der Waals surface area (Å²) in [6.07, 6.45) is 0.943. The zero-order valence-corrected chi connectivity index (χ0v) is 22.5. The lowest BCUT2D eigenvalue weighted by molar-refractivity contribution is -0.143. The van der Waals surface area contributed by atoms with E-state index in [1.807, 2.05) is 87.5 Å². The monoisotopic (exact) mass is 513 g/mol. The number of anilines is 1. The third-order valence-electron chi connectivity index (χ3n) is 6.19. The third-order valence-corrected chi connectivity index (χ3v) is 6.19. The number of aromatic amines is 1. The molecule has 7 nitrogen and oxygen atoms in total. The molecule has 0 atom stereocenters. The van der Waals surface area contributed by atoms with E-state index in [4.69, 9.17) is 9.47 Å². The number of nitrogens with zero attached hydrogens (tertiary/aromatic N) is 2. The summed E-state index contributed by atoms with van der Waals surface area (Å²) in [5.41, 5.74) is 5.37. The van der Waals surface area contributed by atoms with E-state index in [1.54, 1.807) is 11.8 Å². The van der Waals surface area contributed by atoms with E-state index in [9.17, 15) is 9.59 Å². The Morgan fingerprint density at radius 3 is 2.53 bits per heavy atom. The number of nitrogens with one attached hydrogen (secondary N) is 1. The van der Waals surface area contributed by atoms with Gasteiger partial charge in [0, 0.05) is 17.5 Å². The Hall–Kier alpha value is -4.13. The number of hydrogen-bond donors (Lipinski definition) is 1. The molecule has 0 fully saturated rings.